The lowest BCUT2D eigenvalue weighted by Crippen LogP contribution is -2.52. The summed E-state index contributed by atoms with van der Waals surface area (Å²) in [5.74, 6) is -1.08. The summed E-state index contributed by atoms with van der Waals surface area (Å²) in [4.78, 5) is 59.3. The molecule has 1 atom stereocenters. The van der Waals surface area contributed by atoms with Crippen LogP contribution in [0.3, 0.4) is 0 Å². The van der Waals surface area contributed by atoms with Crippen molar-refractivity contribution >= 4 is 34.8 Å². The van der Waals surface area contributed by atoms with Crippen LogP contribution in [0.4, 0.5) is 4.79 Å². The van der Waals surface area contributed by atoms with Crippen LogP contribution in [0.5, 0.6) is 5.75 Å². The Hall–Kier alpha value is -5.19. The topological polar surface area (TPSA) is 131 Å². The summed E-state index contributed by atoms with van der Waals surface area (Å²) in [6.07, 6.45) is 3.11. The summed E-state index contributed by atoms with van der Waals surface area (Å²) in [5.41, 5.74) is 0.170. The number of furan rings is 1. The smallest absolute Gasteiger partial charge is 0.339 e. The van der Waals surface area contributed by atoms with Crippen LogP contribution in [-0.4, -0.2) is 59.0 Å². The third-order valence-corrected chi connectivity index (χ3v) is 6.87. The molecule has 11 heteroatoms. The van der Waals surface area contributed by atoms with E-state index >= 15 is 0 Å². The van der Waals surface area contributed by atoms with E-state index in [1.165, 1.54) is 12.0 Å². The first-order chi connectivity index (χ1) is 18.9. The number of nitrogens with one attached hydrogen (secondary N) is 1. The maximum atomic E-state index is 13.9. The molecule has 4 heterocycles. The van der Waals surface area contributed by atoms with Crippen LogP contribution in [0.15, 0.2) is 77.5 Å². The van der Waals surface area contributed by atoms with Gasteiger partial charge in [-0.25, -0.2) is 14.5 Å². The number of benzene rings is 2. The Morgan fingerprint density at radius 1 is 1.10 bits per heavy atom. The lowest BCUT2D eigenvalue weighted by atomic mass is 9.95. The van der Waals surface area contributed by atoms with Crippen LogP contribution in [0.2, 0.25) is 0 Å². The first kappa shape index (κ1) is 24.2. The average molecular weight is 527 g/mol. The fourth-order valence-electron chi connectivity index (χ4n) is 4.85. The molecule has 0 spiro atoms. The Morgan fingerprint density at radius 2 is 1.92 bits per heavy atom. The van der Waals surface area contributed by atoms with Crippen molar-refractivity contribution < 1.29 is 33.1 Å². The molecule has 2 aliphatic rings. The van der Waals surface area contributed by atoms with Gasteiger partial charge in [0.2, 0.25) is 0 Å². The van der Waals surface area contributed by atoms with Gasteiger partial charge < -0.3 is 24.1 Å². The van der Waals surface area contributed by atoms with Crippen molar-refractivity contribution in [2.24, 2.45) is 0 Å². The summed E-state index contributed by atoms with van der Waals surface area (Å²) in [5, 5.41) is 3.33. The number of nitrogens with zero attached hydrogens (tertiary/aromatic N) is 3. The standard InChI is InChI=1S/C28H22N4O7/c1-37-20-8-7-18-14-31(24(33)21(18)12-20)15-28(23-11-19-13-29-10-9-22(19)39-23)26(35)32(27(36)30-28)16-38-25(34)17-5-3-2-4-6-17/h2-13H,14-16H2,1H3,(H,30,36)/t28-/m0/s1. The second kappa shape index (κ2) is 9.28. The van der Waals surface area contributed by atoms with E-state index in [1.807, 2.05) is 0 Å². The van der Waals surface area contributed by atoms with Gasteiger partial charge in [0.25, 0.3) is 11.8 Å². The number of carbonyl (C=O) groups is 4. The summed E-state index contributed by atoms with van der Waals surface area (Å²) in [7, 11) is 1.51. The zero-order chi connectivity index (χ0) is 27.1. The van der Waals surface area contributed by atoms with Crippen LogP contribution in [0.25, 0.3) is 11.0 Å². The Morgan fingerprint density at radius 3 is 2.69 bits per heavy atom. The fourth-order valence-corrected chi connectivity index (χ4v) is 4.85. The van der Waals surface area contributed by atoms with Gasteiger partial charge in [0, 0.05) is 29.9 Å². The highest BCUT2D eigenvalue weighted by molar-refractivity contribution is 6.08. The van der Waals surface area contributed by atoms with Gasteiger partial charge in [0.15, 0.2) is 12.3 Å². The van der Waals surface area contributed by atoms with E-state index in [1.54, 1.807) is 73.1 Å². The van der Waals surface area contributed by atoms with Crippen LogP contribution in [-0.2, 0) is 21.6 Å². The molecule has 196 valence electrons. The predicted molar refractivity (Wildman–Crippen MR) is 136 cm³/mol. The van der Waals surface area contributed by atoms with E-state index in [9.17, 15) is 19.2 Å². The van der Waals surface area contributed by atoms with E-state index < -0.39 is 30.2 Å². The van der Waals surface area contributed by atoms with Crippen molar-refractivity contribution in [2.45, 2.75) is 12.1 Å². The lowest BCUT2D eigenvalue weighted by molar-refractivity contribution is -0.135. The SMILES string of the molecule is COc1ccc2c(c1)C(=O)N(C[C@@]1(c3cc4cnccc4o3)NC(=O)N(COC(=O)c3ccccc3)C1=O)C2. The molecule has 2 aliphatic heterocycles. The molecule has 4 aromatic rings. The van der Waals surface area contributed by atoms with Crippen LogP contribution < -0.4 is 10.1 Å². The normalized spacial score (nSPS) is 18.4. The highest BCUT2D eigenvalue weighted by atomic mass is 16.5. The second-order valence-corrected chi connectivity index (χ2v) is 9.20. The molecule has 39 heavy (non-hydrogen) atoms. The number of urea groups is 1. The molecule has 2 aromatic heterocycles. The van der Waals surface area contributed by atoms with Crippen molar-refractivity contribution in [1.29, 1.82) is 0 Å². The van der Waals surface area contributed by atoms with Crippen LogP contribution in [0.1, 0.15) is 32.0 Å². The molecule has 1 saturated heterocycles. The van der Waals surface area contributed by atoms with Crippen molar-refractivity contribution in [2.75, 3.05) is 20.4 Å². The second-order valence-electron chi connectivity index (χ2n) is 9.20. The third kappa shape index (κ3) is 4.04. The number of rotatable bonds is 7. The number of esters is 1. The summed E-state index contributed by atoms with van der Waals surface area (Å²) < 4.78 is 16.5. The lowest BCUT2D eigenvalue weighted by Gasteiger charge is -2.29. The molecule has 0 saturated carbocycles. The molecular weight excluding hydrogens is 504 g/mol. The minimum absolute atomic E-state index is 0.127. The van der Waals surface area contributed by atoms with E-state index in [-0.39, 0.29) is 30.3 Å². The van der Waals surface area contributed by atoms with E-state index in [2.05, 4.69) is 10.3 Å². The number of ether oxygens (including phenoxy) is 2. The first-order valence-corrected chi connectivity index (χ1v) is 12.1. The number of amides is 4. The number of hydrogen-bond acceptors (Lipinski definition) is 8. The van der Waals surface area contributed by atoms with Gasteiger partial charge in [-0.05, 0) is 42.0 Å². The van der Waals surface area contributed by atoms with Gasteiger partial charge >= 0.3 is 12.0 Å². The Bertz CT molecular complexity index is 1600. The number of hydrogen-bond donors (Lipinski definition) is 1. The maximum Gasteiger partial charge on any atom is 0.339 e. The molecule has 0 unspecified atom stereocenters. The minimum atomic E-state index is -1.77. The number of imide groups is 1. The van der Waals surface area contributed by atoms with E-state index in [4.69, 9.17) is 13.9 Å². The third-order valence-electron chi connectivity index (χ3n) is 6.87. The molecule has 1 fully saturated rings. The van der Waals surface area contributed by atoms with Crippen molar-refractivity contribution in [3.05, 3.63) is 95.5 Å². The van der Waals surface area contributed by atoms with Crippen LogP contribution in [0, 0.1) is 0 Å². The molecule has 0 aliphatic carbocycles. The Balaban J connectivity index is 1.33. The molecule has 2 aromatic carbocycles. The first-order valence-electron chi connectivity index (χ1n) is 12.1. The molecule has 6 rings (SSSR count). The number of methoxy groups -OCH3 is 1. The highest BCUT2D eigenvalue weighted by Gasteiger charge is 2.57. The average Bonchev–Trinajstić information content (AvgIpc) is 3.60. The maximum absolute atomic E-state index is 13.9. The number of aromatic nitrogens is 1. The predicted octanol–water partition coefficient (Wildman–Crippen LogP) is 3.05. The summed E-state index contributed by atoms with van der Waals surface area (Å²) in [6.45, 7) is -0.620. The molecule has 0 bridgehead atoms. The molecule has 0 radical (unpaired) electrons. The zero-order valence-corrected chi connectivity index (χ0v) is 20.7. The van der Waals surface area contributed by atoms with Crippen molar-refractivity contribution in [3.8, 4) is 5.75 Å². The Labute approximate surface area is 221 Å². The largest absolute Gasteiger partial charge is 0.497 e. The van der Waals surface area contributed by atoms with Gasteiger partial charge in [-0.3, -0.25) is 14.6 Å². The van der Waals surface area contributed by atoms with Gasteiger partial charge in [-0.1, -0.05) is 24.3 Å². The van der Waals surface area contributed by atoms with Gasteiger partial charge in [0.05, 0.1) is 19.2 Å². The molecule has 11 nitrogen and oxygen atoms in total. The minimum Gasteiger partial charge on any atom is -0.497 e. The van der Waals surface area contributed by atoms with Crippen molar-refractivity contribution in [3.63, 3.8) is 0 Å². The van der Waals surface area contributed by atoms with E-state index in [0.717, 1.165) is 10.5 Å². The molecular formula is C28H22N4O7. The van der Waals surface area contributed by atoms with Gasteiger partial charge in [-0.15, -0.1) is 0 Å². The number of fused-ring (bicyclic) bond motifs is 2. The van der Waals surface area contributed by atoms with Crippen LogP contribution >= 0.6 is 0 Å². The molecule has 1 N–H and O–H groups in total. The summed E-state index contributed by atoms with van der Waals surface area (Å²) >= 11 is 0. The van der Waals surface area contributed by atoms with E-state index in [0.29, 0.717) is 22.3 Å². The quantitative estimate of drug-likeness (QED) is 0.287. The molecule has 4 amide bonds. The zero-order valence-electron chi connectivity index (χ0n) is 20.7. The Kier molecular flexibility index (Phi) is 5.75. The number of carbonyl (C=O) groups excluding carboxylic acids is 4. The van der Waals surface area contributed by atoms with Crippen molar-refractivity contribution in [1.82, 2.24) is 20.1 Å². The van der Waals surface area contributed by atoms with Gasteiger partial charge in [0.1, 0.15) is 17.1 Å². The monoisotopic (exact) mass is 526 g/mol. The fraction of sp³-hybridized carbons (Fsp3) is 0.179. The summed E-state index contributed by atoms with van der Waals surface area (Å²) in [6, 6.07) is 15.9. The highest BCUT2D eigenvalue weighted by Crippen LogP contribution is 2.37. The van der Waals surface area contributed by atoms with Gasteiger partial charge in [-0.2, -0.15) is 0 Å². The number of pyridine rings is 1.